The number of anilines is 1. The van der Waals surface area contributed by atoms with Crippen LogP contribution >= 0.6 is 0 Å². The molecule has 0 aliphatic heterocycles. The van der Waals surface area contributed by atoms with Crippen LogP contribution in [0, 0.1) is 0 Å². The van der Waals surface area contributed by atoms with E-state index in [0.29, 0.717) is 41.5 Å². The molecule has 0 saturated heterocycles. The number of pyridine rings is 1. The average molecular weight is 409 g/mol. The van der Waals surface area contributed by atoms with Gasteiger partial charge in [-0.3, -0.25) is 14.6 Å². The number of hydrogen-bond acceptors (Lipinski definition) is 7. The van der Waals surface area contributed by atoms with Crippen molar-refractivity contribution in [1.82, 2.24) is 24.9 Å². The van der Waals surface area contributed by atoms with E-state index in [9.17, 15) is 9.59 Å². The Labute approximate surface area is 175 Å². The van der Waals surface area contributed by atoms with E-state index in [1.54, 1.807) is 25.4 Å². The van der Waals surface area contributed by atoms with Crippen LogP contribution in [-0.2, 0) is 6.42 Å². The van der Waals surface area contributed by atoms with Gasteiger partial charge in [0.05, 0.1) is 17.5 Å². The minimum atomic E-state index is -0.129. The molecule has 1 atom stereocenters. The summed E-state index contributed by atoms with van der Waals surface area (Å²) >= 11 is 0. The van der Waals surface area contributed by atoms with Gasteiger partial charge >= 0.3 is 0 Å². The number of aromatic nitrogens is 4. The van der Waals surface area contributed by atoms with E-state index in [0.717, 1.165) is 24.0 Å². The maximum Gasteiger partial charge on any atom is 0.180 e. The molecular weight excluding hydrogens is 380 g/mol. The zero-order valence-corrected chi connectivity index (χ0v) is 17.9. The molecule has 0 saturated carbocycles. The summed E-state index contributed by atoms with van der Waals surface area (Å²) in [6.45, 7) is 5.42. The van der Waals surface area contributed by atoms with Crippen molar-refractivity contribution in [3.8, 4) is 11.1 Å². The first-order valence-electron chi connectivity index (χ1n) is 10.2. The first-order chi connectivity index (χ1) is 14.4. The van der Waals surface area contributed by atoms with Crippen molar-refractivity contribution in [2.45, 2.75) is 52.5 Å². The molecule has 0 radical (unpaired) electrons. The Hall–Kier alpha value is -3.13. The third kappa shape index (κ3) is 4.09. The molecule has 8 heteroatoms. The number of carbonyl (C=O) groups excluding carboxylic acids is 2. The molecule has 0 amide bonds. The van der Waals surface area contributed by atoms with Crippen LogP contribution < -0.4 is 11.1 Å². The third-order valence-corrected chi connectivity index (χ3v) is 5.42. The summed E-state index contributed by atoms with van der Waals surface area (Å²) in [5.41, 5.74) is 9.97. The van der Waals surface area contributed by atoms with Gasteiger partial charge in [0.2, 0.25) is 0 Å². The number of rotatable bonds is 9. The molecule has 0 spiro atoms. The molecule has 0 aliphatic carbocycles. The SMILES string of the molecule is CCC(=O)c1ccc(-c2cnn3c(N)c(C(C)=O)c(CC[C@@H](CC)NC)nc23)cn1. The molecule has 0 aliphatic rings. The summed E-state index contributed by atoms with van der Waals surface area (Å²) in [6, 6.07) is 3.87. The molecular formula is C22H28N6O2. The second-order valence-electron chi connectivity index (χ2n) is 7.31. The van der Waals surface area contributed by atoms with Crippen molar-refractivity contribution < 1.29 is 9.59 Å². The van der Waals surface area contributed by atoms with Crippen LogP contribution in [0.1, 0.15) is 66.6 Å². The maximum atomic E-state index is 12.3. The van der Waals surface area contributed by atoms with Crippen LogP contribution in [0.2, 0.25) is 0 Å². The lowest BCUT2D eigenvalue weighted by molar-refractivity contribution is 0.0981. The lowest BCUT2D eigenvalue weighted by Gasteiger charge is -2.16. The number of nitrogens with zero attached hydrogens (tertiary/aromatic N) is 4. The summed E-state index contributed by atoms with van der Waals surface area (Å²) in [6.07, 6.45) is 6.16. The van der Waals surface area contributed by atoms with E-state index < -0.39 is 0 Å². The van der Waals surface area contributed by atoms with Gasteiger partial charge in [0.25, 0.3) is 0 Å². The summed E-state index contributed by atoms with van der Waals surface area (Å²) in [7, 11) is 1.93. The number of fused-ring (bicyclic) bond motifs is 1. The fourth-order valence-electron chi connectivity index (χ4n) is 3.59. The van der Waals surface area contributed by atoms with Crippen LogP contribution in [-0.4, -0.2) is 44.2 Å². The number of hydrogen-bond donors (Lipinski definition) is 2. The predicted octanol–water partition coefficient (Wildman–Crippen LogP) is 3.10. The normalized spacial score (nSPS) is 12.3. The Kier molecular flexibility index (Phi) is 6.56. The predicted molar refractivity (Wildman–Crippen MR) is 117 cm³/mol. The average Bonchev–Trinajstić information content (AvgIpc) is 3.18. The second kappa shape index (κ2) is 9.13. The fourth-order valence-corrected chi connectivity index (χ4v) is 3.59. The first kappa shape index (κ1) is 21.6. The molecule has 3 aromatic heterocycles. The number of nitrogen functional groups attached to an aromatic ring is 1. The summed E-state index contributed by atoms with van der Waals surface area (Å²) in [4.78, 5) is 33.2. The molecule has 158 valence electrons. The van der Waals surface area contributed by atoms with Crippen LogP contribution in [0.5, 0.6) is 0 Å². The molecule has 30 heavy (non-hydrogen) atoms. The number of Topliss-reactive ketones (excluding diaryl/α,β-unsaturated/α-hetero) is 2. The minimum Gasteiger partial charge on any atom is -0.383 e. The lowest BCUT2D eigenvalue weighted by Crippen LogP contribution is -2.25. The topological polar surface area (TPSA) is 115 Å². The van der Waals surface area contributed by atoms with Crippen LogP contribution in [0.3, 0.4) is 0 Å². The Morgan fingerprint density at radius 3 is 2.57 bits per heavy atom. The molecule has 3 N–H and O–H groups in total. The largest absolute Gasteiger partial charge is 0.383 e. The van der Waals surface area contributed by atoms with Crippen LogP contribution in [0.25, 0.3) is 16.8 Å². The molecule has 0 bridgehead atoms. The van der Waals surface area contributed by atoms with E-state index in [1.165, 1.54) is 11.4 Å². The highest BCUT2D eigenvalue weighted by molar-refractivity contribution is 6.00. The second-order valence-corrected chi connectivity index (χ2v) is 7.31. The molecule has 3 heterocycles. The zero-order valence-electron chi connectivity index (χ0n) is 17.9. The quantitative estimate of drug-likeness (QED) is 0.523. The molecule has 3 aromatic rings. The zero-order chi connectivity index (χ0) is 21.8. The van der Waals surface area contributed by atoms with Crippen molar-refractivity contribution in [2.24, 2.45) is 0 Å². The highest BCUT2D eigenvalue weighted by Crippen LogP contribution is 2.28. The van der Waals surface area contributed by atoms with Crippen molar-refractivity contribution in [3.63, 3.8) is 0 Å². The molecule has 8 nitrogen and oxygen atoms in total. The maximum absolute atomic E-state index is 12.3. The minimum absolute atomic E-state index is 0.00724. The van der Waals surface area contributed by atoms with Gasteiger partial charge in [-0.15, -0.1) is 0 Å². The summed E-state index contributed by atoms with van der Waals surface area (Å²) in [5, 5.41) is 7.63. The van der Waals surface area contributed by atoms with Gasteiger partial charge in [-0.05, 0) is 39.3 Å². The van der Waals surface area contributed by atoms with Gasteiger partial charge in [-0.2, -0.15) is 9.61 Å². The Bertz CT molecular complexity index is 1070. The van der Waals surface area contributed by atoms with E-state index in [2.05, 4.69) is 22.3 Å². The summed E-state index contributed by atoms with van der Waals surface area (Å²) in [5.74, 6) is 0.153. The van der Waals surface area contributed by atoms with Gasteiger partial charge in [0.1, 0.15) is 11.5 Å². The number of ketones is 2. The molecule has 0 aromatic carbocycles. The highest BCUT2D eigenvalue weighted by atomic mass is 16.1. The van der Waals surface area contributed by atoms with Gasteiger partial charge in [-0.25, -0.2) is 4.98 Å². The van der Waals surface area contributed by atoms with Crippen molar-refractivity contribution >= 4 is 23.0 Å². The molecule has 3 rings (SSSR count). The van der Waals surface area contributed by atoms with E-state index >= 15 is 0 Å². The standard InChI is InChI=1S/C22H28N6O2/c1-5-15(24-4)8-10-18-20(13(3)29)21(23)28-22(27-18)16(12-26-28)14-7-9-17(25-11-14)19(30)6-2/h7,9,11-12,15,24H,5-6,8,10,23H2,1-4H3/t15-/m1/s1. The third-order valence-electron chi connectivity index (χ3n) is 5.42. The molecule has 0 fully saturated rings. The molecule has 0 unspecified atom stereocenters. The van der Waals surface area contributed by atoms with Crippen LogP contribution in [0.4, 0.5) is 5.82 Å². The Morgan fingerprint density at radius 2 is 2.00 bits per heavy atom. The van der Waals surface area contributed by atoms with E-state index in [-0.39, 0.29) is 17.4 Å². The lowest BCUT2D eigenvalue weighted by atomic mass is 10.0. The van der Waals surface area contributed by atoms with Crippen molar-refractivity contribution in [1.29, 1.82) is 0 Å². The Balaban J connectivity index is 2.08. The fraction of sp³-hybridized carbons (Fsp3) is 0.409. The van der Waals surface area contributed by atoms with Crippen LogP contribution in [0.15, 0.2) is 24.5 Å². The highest BCUT2D eigenvalue weighted by Gasteiger charge is 2.21. The van der Waals surface area contributed by atoms with E-state index in [1.807, 2.05) is 13.1 Å². The van der Waals surface area contributed by atoms with Gasteiger partial charge < -0.3 is 11.1 Å². The van der Waals surface area contributed by atoms with E-state index in [4.69, 9.17) is 10.7 Å². The number of nitrogens with two attached hydrogens (primary N) is 1. The van der Waals surface area contributed by atoms with Gasteiger partial charge in [-0.1, -0.05) is 19.9 Å². The van der Waals surface area contributed by atoms with Crippen molar-refractivity contribution in [3.05, 3.63) is 41.5 Å². The number of aryl methyl sites for hydroxylation is 1. The monoisotopic (exact) mass is 408 g/mol. The van der Waals surface area contributed by atoms with Crippen molar-refractivity contribution in [2.75, 3.05) is 12.8 Å². The number of carbonyl (C=O) groups is 2. The number of nitrogens with one attached hydrogen (secondary N) is 1. The first-order valence-corrected chi connectivity index (χ1v) is 10.2. The smallest absolute Gasteiger partial charge is 0.180 e. The summed E-state index contributed by atoms with van der Waals surface area (Å²) < 4.78 is 1.50. The Morgan fingerprint density at radius 1 is 1.23 bits per heavy atom. The van der Waals surface area contributed by atoms with Gasteiger partial charge in [0.15, 0.2) is 17.2 Å². The van der Waals surface area contributed by atoms with Gasteiger partial charge in [0, 0.05) is 29.8 Å².